The first-order valence-electron chi connectivity index (χ1n) is 15.6. The van der Waals surface area contributed by atoms with Gasteiger partial charge in [0.25, 0.3) is 0 Å². The quantitative estimate of drug-likeness (QED) is 0.164. The van der Waals surface area contributed by atoms with Crippen molar-refractivity contribution in [3.63, 3.8) is 0 Å². The number of hydrogen-bond donors (Lipinski definition) is 3. The smallest absolute Gasteiger partial charge is 0.246 e. The third-order valence-corrected chi connectivity index (χ3v) is 7.81. The summed E-state index contributed by atoms with van der Waals surface area (Å²) in [7, 11) is 3.28. The van der Waals surface area contributed by atoms with Gasteiger partial charge in [-0.1, -0.05) is 91.0 Å². The summed E-state index contributed by atoms with van der Waals surface area (Å²) in [5, 5.41) is 2.99. The predicted molar refractivity (Wildman–Crippen MR) is 182 cm³/mol. The van der Waals surface area contributed by atoms with Gasteiger partial charge in [-0.25, -0.2) is 0 Å². The Labute approximate surface area is 268 Å². The normalized spacial score (nSPS) is 12.8. The highest BCUT2D eigenvalue weighted by Crippen LogP contribution is 2.21. The molecule has 8 nitrogen and oxygen atoms in total. The van der Waals surface area contributed by atoms with Gasteiger partial charge < -0.3 is 26.6 Å². The van der Waals surface area contributed by atoms with E-state index in [1.807, 2.05) is 98.8 Å². The zero-order valence-corrected chi connectivity index (χ0v) is 27.1. The number of likely N-dealkylation sites (N-methyl/N-ethyl adjacent to an activating group) is 2. The predicted octanol–water partition coefficient (Wildman–Crippen LogP) is 4.33. The maximum atomic E-state index is 14.3. The number of nitrogens with zero attached hydrogens (tertiary/aromatic N) is 2. The summed E-state index contributed by atoms with van der Waals surface area (Å²) in [6.45, 7) is 4.80. The van der Waals surface area contributed by atoms with Gasteiger partial charge >= 0.3 is 0 Å². The fourth-order valence-electron chi connectivity index (χ4n) is 5.04. The molecule has 0 spiro atoms. The number of unbranched alkanes of at least 4 members (excludes halogenated alkanes) is 1. The molecular formula is C37H49N5O3. The van der Waals surface area contributed by atoms with Crippen LogP contribution in [-0.2, 0) is 27.2 Å². The van der Waals surface area contributed by atoms with Gasteiger partial charge in [-0.3, -0.25) is 14.4 Å². The summed E-state index contributed by atoms with van der Waals surface area (Å²) in [4.78, 5) is 44.1. The van der Waals surface area contributed by atoms with Gasteiger partial charge in [0.1, 0.15) is 12.1 Å². The number of benzene rings is 3. The molecule has 45 heavy (non-hydrogen) atoms. The first-order chi connectivity index (χ1) is 21.5. The Hall–Kier alpha value is -4.27. The molecule has 0 saturated heterocycles. The minimum atomic E-state index is -0.844. The van der Waals surface area contributed by atoms with Crippen molar-refractivity contribution in [1.82, 2.24) is 15.1 Å². The molecule has 0 aromatic heterocycles. The molecule has 240 valence electrons. The summed E-state index contributed by atoms with van der Waals surface area (Å²) < 4.78 is 0. The topological polar surface area (TPSA) is 122 Å². The van der Waals surface area contributed by atoms with E-state index < -0.39 is 17.6 Å². The van der Waals surface area contributed by atoms with Crippen molar-refractivity contribution in [2.24, 2.45) is 11.5 Å². The molecule has 0 aliphatic heterocycles. The second-order valence-electron chi connectivity index (χ2n) is 12.3. The second kappa shape index (κ2) is 17.3. The summed E-state index contributed by atoms with van der Waals surface area (Å²) in [5.41, 5.74) is 15.2. The average molecular weight is 612 g/mol. The molecule has 0 radical (unpaired) electrons. The van der Waals surface area contributed by atoms with Gasteiger partial charge in [0, 0.05) is 39.0 Å². The van der Waals surface area contributed by atoms with Gasteiger partial charge in [-0.2, -0.15) is 0 Å². The van der Waals surface area contributed by atoms with E-state index in [1.54, 1.807) is 20.2 Å². The SMILES string of the molecule is CN(C(=O)/C=C/CC(C)(C)N)[C@H](Cc1ccc(-c2ccccc2)cc1)C(=O)N(C)[C@H](Cc1ccccc1)C(=O)NCCCCN. The van der Waals surface area contributed by atoms with E-state index in [1.165, 1.54) is 15.9 Å². The number of nitrogens with two attached hydrogens (primary N) is 2. The molecule has 0 fully saturated rings. The lowest BCUT2D eigenvalue weighted by atomic mass is 9.98. The number of nitrogens with one attached hydrogen (secondary N) is 1. The first kappa shape index (κ1) is 35.2. The molecule has 0 aliphatic carbocycles. The van der Waals surface area contributed by atoms with E-state index in [4.69, 9.17) is 11.5 Å². The number of amides is 3. The molecule has 0 unspecified atom stereocenters. The maximum Gasteiger partial charge on any atom is 0.246 e. The van der Waals surface area contributed by atoms with Crippen molar-refractivity contribution in [2.75, 3.05) is 27.2 Å². The summed E-state index contributed by atoms with van der Waals surface area (Å²) in [6.07, 6.45) is 5.90. The van der Waals surface area contributed by atoms with Gasteiger partial charge in [0.15, 0.2) is 0 Å². The lowest BCUT2D eigenvalue weighted by Gasteiger charge is -2.34. The first-order valence-corrected chi connectivity index (χ1v) is 15.6. The molecule has 3 aromatic carbocycles. The molecule has 0 heterocycles. The molecule has 3 aromatic rings. The van der Waals surface area contributed by atoms with Crippen molar-refractivity contribution in [2.45, 2.75) is 63.6 Å². The van der Waals surface area contributed by atoms with E-state index in [9.17, 15) is 14.4 Å². The van der Waals surface area contributed by atoms with Crippen LogP contribution in [0.5, 0.6) is 0 Å². The minimum absolute atomic E-state index is 0.239. The maximum absolute atomic E-state index is 14.3. The van der Waals surface area contributed by atoms with E-state index in [2.05, 4.69) is 5.32 Å². The molecule has 0 aliphatic rings. The zero-order valence-electron chi connectivity index (χ0n) is 27.1. The number of carbonyl (C=O) groups is 3. The van der Waals surface area contributed by atoms with Crippen LogP contribution < -0.4 is 16.8 Å². The van der Waals surface area contributed by atoms with Crippen LogP contribution in [0.3, 0.4) is 0 Å². The molecule has 2 atom stereocenters. The Bertz CT molecular complexity index is 1390. The van der Waals surface area contributed by atoms with Crippen molar-refractivity contribution < 1.29 is 14.4 Å². The van der Waals surface area contributed by atoms with E-state index >= 15 is 0 Å². The van der Waals surface area contributed by atoms with Crippen LogP contribution in [-0.4, -0.2) is 72.3 Å². The Morgan fingerprint density at radius 3 is 1.93 bits per heavy atom. The number of carbonyl (C=O) groups excluding carboxylic acids is 3. The molecular weight excluding hydrogens is 562 g/mol. The standard InChI is InChI=1S/C37H49N5O3/c1-37(2,39)23-13-18-34(43)41(3)33(27-29-19-21-31(22-20-29)30-16-9-6-10-17-30)36(45)42(4)32(26-28-14-7-5-8-15-28)35(44)40-25-12-11-24-38/h5-10,13-22,32-33H,11-12,23-27,38-39H2,1-4H3,(H,40,44)/b18-13+/t32-,33-/m1/s1. The van der Waals surface area contributed by atoms with Crippen LogP contribution in [0.15, 0.2) is 97.1 Å². The molecule has 5 N–H and O–H groups in total. The van der Waals surface area contributed by atoms with Crippen molar-refractivity contribution in [3.8, 4) is 11.1 Å². The largest absolute Gasteiger partial charge is 0.354 e. The Morgan fingerprint density at radius 2 is 1.33 bits per heavy atom. The lowest BCUT2D eigenvalue weighted by molar-refractivity contribution is -0.146. The van der Waals surface area contributed by atoms with E-state index in [-0.39, 0.29) is 24.1 Å². The fraction of sp³-hybridized carbons (Fsp3) is 0.378. The third kappa shape index (κ3) is 11.3. The van der Waals surface area contributed by atoms with Crippen LogP contribution in [0.25, 0.3) is 11.1 Å². The van der Waals surface area contributed by atoms with Gasteiger partial charge in [0.05, 0.1) is 0 Å². The second-order valence-corrected chi connectivity index (χ2v) is 12.3. The van der Waals surface area contributed by atoms with Crippen LogP contribution in [0.1, 0.15) is 44.2 Å². The van der Waals surface area contributed by atoms with Crippen LogP contribution in [0, 0.1) is 0 Å². The Kier molecular flexibility index (Phi) is 13.5. The Balaban J connectivity index is 1.90. The molecule has 0 bridgehead atoms. The van der Waals surface area contributed by atoms with Crippen molar-refractivity contribution >= 4 is 17.7 Å². The monoisotopic (exact) mass is 611 g/mol. The van der Waals surface area contributed by atoms with Crippen molar-refractivity contribution in [1.29, 1.82) is 0 Å². The van der Waals surface area contributed by atoms with E-state index in [0.29, 0.717) is 25.9 Å². The molecule has 3 rings (SSSR count). The van der Waals surface area contributed by atoms with Crippen LogP contribution in [0.4, 0.5) is 0 Å². The minimum Gasteiger partial charge on any atom is -0.354 e. The number of rotatable bonds is 16. The fourth-order valence-corrected chi connectivity index (χ4v) is 5.04. The third-order valence-electron chi connectivity index (χ3n) is 7.81. The summed E-state index contributed by atoms with van der Waals surface area (Å²) >= 11 is 0. The molecule has 3 amide bonds. The molecule has 8 heteroatoms. The summed E-state index contributed by atoms with van der Waals surface area (Å²) in [5.74, 6) is -0.863. The van der Waals surface area contributed by atoms with Gasteiger partial charge in [-0.15, -0.1) is 0 Å². The Morgan fingerprint density at radius 1 is 0.778 bits per heavy atom. The van der Waals surface area contributed by atoms with Crippen LogP contribution >= 0.6 is 0 Å². The zero-order chi connectivity index (χ0) is 32.8. The van der Waals surface area contributed by atoms with Gasteiger partial charge in [-0.05, 0) is 68.0 Å². The highest BCUT2D eigenvalue weighted by molar-refractivity contribution is 5.95. The highest BCUT2D eigenvalue weighted by atomic mass is 16.2. The average Bonchev–Trinajstić information content (AvgIpc) is 3.04. The number of hydrogen-bond acceptors (Lipinski definition) is 5. The van der Waals surface area contributed by atoms with Crippen molar-refractivity contribution in [3.05, 3.63) is 108 Å². The van der Waals surface area contributed by atoms with E-state index in [0.717, 1.165) is 35.1 Å². The lowest BCUT2D eigenvalue weighted by Crippen LogP contribution is -2.56. The summed E-state index contributed by atoms with van der Waals surface area (Å²) in [6, 6.07) is 26.1. The van der Waals surface area contributed by atoms with Crippen LogP contribution in [0.2, 0.25) is 0 Å². The molecule has 0 saturated carbocycles. The van der Waals surface area contributed by atoms with Gasteiger partial charge in [0.2, 0.25) is 17.7 Å². The highest BCUT2D eigenvalue weighted by Gasteiger charge is 2.34.